The molecule has 6 nitrogen and oxygen atoms in total. The van der Waals surface area contributed by atoms with Gasteiger partial charge in [0.05, 0.1) is 5.69 Å². The zero-order valence-corrected chi connectivity index (χ0v) is 10.7. The van der Waals surface area contributed by atoms with Crippen molar-refractivity contribution in [1.29, 1.82) is 0 Å². The van der Waals surface area contributed by atoms with Gasteiger partial charge in [0.25, 0.3) is 0 Å². The van der Waals surface area contributed by atoms with Crippen molar-refractivity contribution in [3.8, 4) is 5.69 Å². The number of aromatic amines is 1. The number of H-pyrrole nitrogens is 1. The highest BCUT2D eigenvalue weighted by molar-refractivity contribution is 5.48. The van der Waals surface area contributed by atoms with Gasteiger partial charge in [-0.3, -0.25) is 4.57 Å². The van der Waals surface area contributed by atoms with E-state index in [4.69, 9.17) is 0 Å². The van der Waals surface area contributed by atoms with Crippen LogP contribution in [0.15, 0.2) is 60.2 Å². The topological polar surface area (TPSA) is 75.6 Å². The summed E-state index contributed by atoms with van der Waals surface area (Å²) < 4.78 is 1.55. The van der Waals surface area contributed by atoms with Gasteiger partial charge < -0.3 is 10.3 Å². The van der Waals surface area contributed by atoms with Crippen LogP contribution >= 0.6 is 0 Å². The molecule has 0 fully saturated rings. The molecular weight excluding hydrogens is 254 g/mol. The summed E-state index contributed by atoms with van der Waals surface area (Å²) in [4.78, 5) is 22.0. The van der Waals surface area contributed by atoms with Gasteiger partial charge in [0.1, 0.15) is 6.33 Å². The van der Waals surface area contributed by atoms with Crippen molar-refractivity contribution >= 4 is 5.69 Å². The molecular formula is C14H13N5O. The average Bonchev–Trinajstić information content (AvgIpc) is 2.93. The maximum atomic E-state index is 11.5. The minimum atomic E-state index is -0.146. The first-order valence-corrected chi connectivity index (χ1v) is 6.17. The van der Waals surface area contributed by atoms with E-state index < -0.39 is 0 Å². The Morgan fingerprint density at radius 3 is 2.55 bits per heavy atom. The van der Waals surface area contributed by atoms with Crippen LogP contribution in [0.4, 0.5) is 5.69 Å². The quantitative estimate of drug-likeness (QED) is 0.752. The predicted molar refractivity (Wildman–Crippen MR) is 75.7 cm³/mol. The fourth-order valence-corrected chi connectivity index (χ4v) is 1.89. The van der Waals surface area contributed by atoms with Crippen LogP contribution in [0.5, 0.6) is 0 Å². The summed E-state index contributed by atoms with van der Waals surface area (Å²) >= 11 is 0. The number of nitrogens with one attached hydrogen (secondary N) is 2. The lowest BCUT2D eigenvalue weighted by atomic mass is 10.2. The highest BCUT2D eigenvalue weighted by Gasteiger charge is 2.00. The van der Waals surface area contributed by atoms with Crippen molar-refractivity contribution in [3.05, 3.63) is 71.4 Å². The van der Waals surface area contributed by atoms with Gasteiger partial charge in [-0.15, -0.1) is 0 Å². The van der Waals surface area contributed by atoms with Crippen molar-refractivity contribution in [1.82, 2.24) is 19.5 Å². The van der Waals surface area contributed by atoms with Gasteiger partial charge in [-0.05, 0) is 24.3 Å². The molecule has 0 aliphatic heterocycles. The van der Waals surface area contributed by atoms with Crippen LogP contribution in [0.1, 0.15) is 5.56 Å². The molecule has 20 heavy (non-hydrogen) atoms. The summed E-state index contributed by atoms with van der Waals surface area (Å²) in [6, 6.07) is 7.63. The molecule has 0 amide bonds. The monoisotopic (exact) mass is 267 g/mol. The first-order valence-electron chi connectivity index (χ1n) is 6.17. The number of anilines is 1. The summed E-state index contributed by atoms with van der Waals surface area (Å²) in [5.74, 6) is 0. The van der Waals surface area contributed by atoms with Gasteiger partial charge in [0.15, 0.2) is 0 Å². The zero-order valence-electron chi connectivity index (χ0n) is 10.7. The first kappa shape index (κ1) is 12.2. The van der Waals surface area contributed by atoms with Crippen LogP contribution in [0.25, 0.3) is 5.69 Å². The Hall–Kier alpha value is -2.89. The van der Waals surface area contributed by atoms with Gasteiger partial charge in [-0.1, -0.05) is 0 Å². The van der Waals surface area contributed by atoms with Crippen LogP contribution < -0.4 is 11.0 Å². The van der Waals surface area contributed by atoms with E-state index in [9.17, 15) is 4.79 Å². The van der Waals surface area contributed by atoms with E-state index in [1.807, 2.05) is 24.3 Å². The molecule has 3 aromatic rings. The number of benzene rings is 1. The van der Waals surface area contributed by atoms with E-state index >= 15 is 0 Å². The summed E-state index contributed by atoms with van der Waals surface area (Å²) in [5, 5.41) is 3.27. The molecule has 6 heteroatoms. The van der Waals surface area contributed by atoms with Gasteiger partial charge in [-0.25, -0.2) is 14.8 Å². The van der Waals surface area contributed by atoms with E-state index in [1.54, 1.807) is 29.4 Å². The van der Waals surface area contributed by atoms with E-state index in [1.165, 1.54) is 6.33 Å². The van der Waals surface area contributed by atoms with Gasteiger partial charge in [-0.2, -0.15) is 0 Å². The highest BCUT2D eigenvalue weighted by Crippen LogP contribution is 2.12. The Labute approximate surface area is 115 Å². The van der Waals surface area contributed by atoms with Crippen LogP contribution in [-0.2, 0) is 6.54 Å². The third kappa shape index (κ3) is 2.59. The normalized spacial score (nSPS) is 10.4. The fourth-order valence-electron chi connectivity index (χ4n) is 1.89. The number of nitrogens with zero attached hydrogens (tertiary/aromatic N) is 3. The Kier molecular flexibility index (Phi) is 3.28. The smallest absolute Gasteiger partial charge is 0.330 e. The molecule has 2 N–H and O–H groups in total. The standard InChI is InChI=1S/C14H13N5O/c20-14-17-5-6-19(14)13-3-1-12(2-4-13)18-9-11-7-15-10-16-8-11/h1-8,10,18H,9H2,(H,17,20). The molecule has 0 saturated carbocycles. The lowest BCUT2D eigenvalue weighted by Crippen LogP contribution is -2.13. The Morgan fingerprint density at radius 1 is 1.15 bits per heavy atom. The second-order valence-electron chi connectivity index (χ2n) is 4.28. The summed E-state index contributed by atoms with van der Waals surface area (Å²) in [7, 11) is 0. The molecule has 0 spiro atoms. The van der Waals surface area contributed by atoms with Gasteiger partial charge in [0, 0.05) is 42.6 Å². The molecule has 0 aliphatic rings. The van der Waals surface area contributed by atoms with Crippen LogP contribution in [0.2, 0.25) is 0 Å². The molecule has 1 aromatic carbocycles. The van der Waals surface area contributed by atoms with Gasteiger partial charge >= 0.3 is 5.69 Å². The molecule has 2 aromatic heterocycles. The third-order valence-electron chi connectivity index (χ3n) is 2.91. The minimum absolute atomic E-state index is 0.146. The predicted octanol–water partition coefficient (Wildman–Crippen LogP) is 1.57. The van der Waals surface area contributed by atoms with Crippen molar-refractivity contribution in [3.63, 3.8) is 0 Å². The lowest BCUT2D eigenvalue weighted by molar-refractivity contribution is 0.986. The van der Waals surface area contributed by atoms with Crippen molar-refractivity contribution < 1.29 is 0 Å². The van der Waals surface area contributed by atoms with E-state index in [-0.39, 0.29) is 5.69 Å². The number of aromatic nitrogens is 4. The molecule has 0 atom stereocenters. The molecule has 2 heterocycles. The van der Waals surface area contributed by atoms with Crippen molar-refractivity contribution in [2.24, 2.45) is 0 Å². The van der Waals surface area contributed by atoms with Crippen molar-refractivity contribution in [2.75, 3.05) is 5.32 Å². The minimum Gasteiger partial charge on any atom is -0.381 e. The van der Waals surface area contributed by atoms with Gasteiger partial charge in [0.2, 0.25) is 0 Å². The average molecular weight is 267 g/mol. The molecule has 0 unspecified atom stereocenters. The summed E-state index contributed by atoms with van der Waals surface area (Å²) in [5.41, 5.74) is 2.66. The molecule has 3 rings (SSSR count). The largest absolute Gasteiger partial charge is 0.381 e. The Morgan fingerprint density at radius 2 is 1.90 bits per heavy atom. The van der Waals surface area contributed by atoms with Crippen LogP contribution in [0, 0.1) is 0 Å². The lowest BCUT2D eigenvalue weighted by Gasteiger charge is -2.07. The second kappa shape index (κ2) is 5.40. The molecule has 0 aliphatic carbocycles. The third-order valence-corrected chi connectivity index (χ3v) is 2.91. The zero-order chi connectivity index (χ0) is 13.8. The van der Waals surface area contributed by atoms with Crippen LogP contribution in [0.3, 0.4) is 0 Å². The SMILES string of the molecule is O=c1[nH]ccn1-c1ccc(NCc2cncnc2)cc1. The maximum absolute atomic E-state index is 11.5. The highest BCUT2D eigenvalue weighted by atomic mass is 16.1. The molecule has 100 valence electrons. The number of imidazole rings is 1. The van der Waals surface area contributed by atoms with E-state index in [0.29, 0.717) is 6.54 Å². The molecule has 0 bridgehead atoms. The van der Waals surface area contributed by atoms with E-state index in [0.717, 1.165) is 16.9 Å². The van der Waals surface area contributed by atoms with Crippen LogP contribution in [-0.4, -0.2) is 19.5 Å². The molecule has 0 radical (unpaired) electrons. The maximum Gasteiger partial charge on any atom is 0.330 e. The number of hydrogen-bond donors (Lipinski definition) is 2. The molecule has 0 saturated heterocycles. The fraction of sp³-hybridized carbons (Fsp3) is 0.0714. The summed E-state index contributed by atoms with van der Waals surface area (Å²) in [6.45, 7) is 0.657. The Balaban J connectivity index is 1.71. The van der Waals surface area contributed by atoms with E-state index in [2.05, 4.69) is 20.3 Å². The number of hydrogen-bond acceptors (Lipinski definition) is 4. The number of rotatable bonds is 4. The van der Waals surface area contributed by atoms with Crippen molar-refractivity contribution in [2.45, 2.75) is 6.54 Å². The first-order chi connectivity index (χ1) is 9.83. The summed E-state index contributed by atoms with van der Waals surface area (Å²) in [6.07, 6.45) is 8.37. The second-order valence-corrected chi connectivity index (χ2v) is 4.28. The Bertz CT molecular complexity index is 730.